The molecule has 1 heterocycles. The van der Waals surface area contributed by atoms with Gasteiger partial charge in [-0.3, -0.25) is 19.7 Å². The number of aliphatic carboxylic acids is 1. The smallest absolute Gasteiger partial charge is 0.324 e. The lowest BCUT2D eigenvalue weighted by Crippen LogP contribution is -2.44. The molecule has 0 aromatic carbocycles. The molecule has 7 nitrogen and oxygen atoms in total. The van der Waals surface area contributed by atoms with E-state index >= 15 is 0 Å². The molecule has 0 atom stereocenters. The maximum Gasteiger partial charge on any atom is 0.324 e. The van der Waals surface area contributed by atoms with Gasteiger partial charge in [-0.05, 0) is 18.9 Å². The van der Waals surface area contributed by atoms with Gasteiger partial charge >= 0.3 is 11.0 Å². The number of rotatable bonds is 5. The molecule has 0 bridgehead atoms. The van der Waals surface area contributed by atoms with E-state index in [-0.39, 0.29) is 16.4 Å². The van der Waals surface area contributed by atoms with Gasteiger partial charge < -0.3 is 10.4 Å². The molecule has 21 heavy (non-hydrogen) atoms. The molecule has 0 radical (unpaired) electrons. The summed E-state index contributed by atoms with van der Waals surface area (Å²) in [6.07, 6.45) is 3.79. The van der Waals surface area contributed by atoms with E-state index in [0.717, 1.165) is 30.6 Å². The summed E-state index contributed by atoms with van der Waals surface area (Å²) in [4.78, 5) is 33.7. The van der Waals surface area contributed by atoms with E-state index in [0.29, 0.717) is 12.8 Å². The minimum Gasteiger partial charge on any atom is -0.481 e. The van der Waals surface area contributed by atoms with E-state index in [9.17, 15) is 24.8 Å². The average Bonchev–Trinajstić information content (AvgIpc) is 2.95. The van der Waals surface area contributed by atoms with Crippen molar-refractivity contribution >= 4 is 28.2 Å². The minimum absolute atomic E-state index is 0.0624. The number of carboxylic acid groups (broad SMARTS) is 1. The third-order valence-electron chi connectivity index (χ3n) is 3.85. The Bertz CT molecular complexity index is 563. The van der Waals surface area contributed by atoms with E-state index in [2.05, 4.69) is 5.32 Å². The van der Waals surface area contributed by atoms with Crippen LogP contribution in [-0.2, 0) is 4.79 Å². The van der Waals surface area contributed by atoms with Gasteiger partial charge in [0.15, 0.2) is 0 Å². The second-order valence-electron chi connectivity index (χ2n) is 5.22. The number of nitrogens with one attached hydrogen (secondary N) is 1. The summed E-state index contributed by atoms with van der Waals surface area (Å²) < 4.78 is 0. The Morgan fingerprint density at radius 1 is 1.33 bits per heavy atom. The SMILES string of the molecule is O=C(NCC1(C(=O)O)CCCCC1)c1ccc([N+](=O)[O-])s1. The molecule has 2 N–H and O–H groups in total. The Morgan fingerprint density at radius 3 is 2.52 bits per heavy atom. The van der Waals surface area contributed by atoms with Crippen molar-refractivity contribution in [3.63, 3.8) is 0 Å². The van der Waals surface area contributed by atoms with Gasteiger partial charge in [0.25, 0.3) is 5.91 Å². The van der Waals surface area contributed by atoms with Gasteiger partial charge in [0.2, 0.25) is 0 Å². The number of amides is 1. The largest absolute Gasteiger partial charge is 0.481 e. The Kier molecular flexibility index (Phi) is 4.56. The predicted octanol–water partition coefficient (Wildman–Crippen LogP) is 2.42. The second-order valence-corrected chi connectivity index (χ2v) is 6.29. The van der Waals surface area contributed by atoms with Crippen LogP contribution in [0.5, 0.6) is 0 Å². The Labute approximate surface area is 125 Å². The highest BCUT2D eigenvalue weighted by Gasteiger charge is 2.39. The normalized spacial score (nSPS) is 17.1. The maximum absolute atomic E-state index is 12.0. The van der Waals surface area contributed by atoms with Gasteiger partial charge in [0.05, 0.1) is 15.2 Å². The first-order valence-electron chi connectivity index (χ1n) is 6.70. The molecule has 8 heteroatoms. The molecule has 1 amide bonds. The zero-order chi connectivity index (χ0) is 15.5. The Morgan fingerprint density at radius 2 is 2.00 bits per heavy atom. The minimum atomic E-state index is -0.906. The average molecular weight is 312 g/mol. The highest BCUT2D eigenvalue weighted by molar-refractivity contribution is 7.17. The predicted molar refractivity (Wildman–Crippen MR) is 76.5 cm³/mol. The van der Waals surface area contributed by atoms with Gasteiger partial charge in [0.1, 0.15) is 0 Å². The van der Waals surface area contributed by atoms with Crippen LogP contribution < -0.4 is 5.32 Å². The third kappa shape index (κ3) is 3.38. The van der Waals surface area contributed by atoms with E-state index in [1.165, 1.54) is 12.1 Å². The summed E-state index contributed by atoms with van der Waals surface area (Å²) in [6, 6.07) is 2.65. The van der Waals surface area contributed by atoms with Gasteiger partial charge in [-0.2, -0.15) is 0 Å². The van der Waals surface area contributed by atoms with E-state index < -0.39 is 22.2 Å². The van der Waals surface area contributed by atoms with Crippen LogP contribution in [0.4, 0.5) is 5.00 Å². The first-order chi connectivity index (χ1) is 9.94. The molecule has 1 aliphatic carbocycles. The van der Waals surface area contributed by atoms with E-state index in [1.807, 2.05) is 0 Å². The Balaban J connectivity index is 2.01. The summed E-state index contributed by atoms with van der Waals surface area (Å²) in [5.41, 5.74) is -0.906. The molecule has 1 aliphatic rings. The highest BCUT2D eigenvalue weighted by Crippen LogP contribution is 2.36. The van der Waals surface area contributed by atoms with Gasteiger partial charge in [-0.25, -0.2) is 0 Å². The van der Waals surface area contributed by atoms with Crippen LogP contribution in [0.3, 0.4) is 0 Å². The molecule has 0 saturated heterocycles. The summed E-state index contributed by atoms with van der Waals surface area (Å²) >= 11 is 0.784. The molecular formula is C13H16N2O5S. The van der Waals surface area contributed by atoms with Gasteiger partial charge in [-0.15, -0.1) is 0 Å². The van der Waals surface area contributed by atoms with E-state index in [4.69, 9.17) is 0 Å². The number of carbonyl (C=O) groups is 2. The second kappa shape index (κ2) is 6.21. The maximum atomic E-state index is 12.0. The molecule has 1 fully saturated rings. The summed E-state index contributed by atoms with van der Waals surface area (Å²) in [7, 11) is 0. The standard InChI is InChI=1S/C13H16N2O5S/c16-11(9-4-5-10(21-9)15(19)20)14-8-13(12(17)18)6-2-1-3-7-13/h4-5H,1-3,6-8H2,(H,14,16)(H,17,18). The van der Waals surface area contributed by atoms with Crippen LogP contribution in [0.2, 0.25) is 0 Å². The van der Waals surface area contributed by atoms with Crippen LogP contribution in [0.1, 0.15) is 41.8 Å². The number of nitro groups is 1. The van der Waals surface area contributed by atoms with Crippen LogP contribution in [-0.4, -0.2) is 28.5 Å². The molecule has 1 aromatic rings. The van der Waals surface area contributed by atoms with Crippen molar-refractivity contribution in [1.29, 1.82) is 0 Å². The molecule has 1 aromatic heterocycles. The molecule has 2 rings (SSSR count). The van der Waals surface area contributed by atoms with Crippen LogP contribution in [0, 0.1) is 15.5 Å². The number of hydrogen-bond donors (Lipinski definition) is 2. The lowest BCUT2D eigenvalue weighted by molar-refractivity contribution is -0.380. The van der Waals surface area contributed by atoms with Gasteiger partial charge in [-0.1, -0.05) is 30.6 Å². The number of hydrogen-bond acceptors (Lipinski definition) is 5. The van der Waals surface area contributed by atoms with Crippen molar-refractivity contribution in [3.8, 4) is 0 Å². The quantitative estimate of drug-likeness (QED) is 0.641. The zero-order valence-electron chi connectivity index (χ0n) is 11.3. The molecular weight excluding hydrogens is 296 g/mol. The van der Waals surface area contributed by atoms with Crippen molar-refractivity contribution in [1.82, 2.24) is 5.32 Å². The summed E-state index contributed by atoms with van der Waals surface area (Å²) in [5.74, 6) is -1.35. The summed E-state index contributed by atoms with van der Waals surface area (Å²) in [5, 5.41) is 22.5. The van der Waals surface area contributed by atoms with E-state index in [1.54, 1.807) is 0 Å². The number of nitrogens with zero attached hydrogens (tertiary/aromatic N) is 1. The fourth-order valence-corrected chi connectivity index (χ4v) is 3.32. The number of carboxylic acids is 1. The third-order valence-corrected chi connectivity index (χ3v) is 4.88. The lowest BCUT2D eigenvalue weighted by atomic mass is 9.74. The van der Waals surface area contributed by atoms with Gasteiger partial charge in [0, 0.05) is 12.6 Å². The van der Waals surface area contributed by atoms with Crippen LogP contribution >= 0.6 is 11.3 Å². The molecule has 0 spiro atoms. The lowest BCUT2D eigenvalue weighted by Gasteiger charge is -2.33. The molecule has 0 aliphatic heterocycles. The first-order valence-corrected chi connectivity index (χ1v) is 7.52. The highest BCUT2D eigenvalue weighted by atomic mass is 32.1. The Hall–Kier alpha value is -1.96. The number of thiophene rings is 1. The topological polar surface area (TPSA) is 110 Å². The molecule has 1 saturated carbocycles. The van der Waals surface area contributed by atoms with Crippen molar-refractivity contribution in [2.45, 2.75) is 32.1 Å². The molecule has 0 unspecified atom stereocenters. The van der Waals surface area contributed by atoms with Crippen molar-refractivity contribution in [3.05, 3.63) is 27.1 Å². The van der Waals surface area contributed by atoms with Crippen LogP contribution in [0.15, 0.2) is 12.1 Å². The monoisotopic (exact) mass is 312 g/mol. The fraction of sp³-hybridized carbons (Fsp3) is 0.538. The zero-order valence-corrected chi connectivity index (χ0v) is 12.1. The molecule has 114 valence electrons. The van der Waals surface area contributed by atoms with Crippen molar-refractivity contribution in [2.24, 2.45) is 5.41 Å². The fourth-order valence-electron chi connectivity index (χ4n) is 2.58. The van der Waals surface area contributed by atoms with Crippen LogP contribution in [0.25, 0.3) is 0 Å². The first kappa shape index (κ1) is 15.4. The van der Waals surface area contributed by atoms with Crippen molar-refractivity contribution in [2.75, 3.05) is 6.54 Å². The number of carbonyl (C=O) groups excluding carboxylic acids is 1. The summed E-state index contributed by atoms with van der Waals surface area (Å²) in [6.45, 7) is 0.0624. The van der Waals surface area contributed by atoms with Crippen molar-refractivity contribution < 1.29 is 19.6 Å².